The molecule has 1 N–H and O–H groups in total. The van der Waals surface area contributed by atoms with E-state index in [1.54, 1.807) is 31.2 Å². The molecule has 0 fully saturated rings. The van der Waals surface area contributed by atoms with Crippen LogP contribution in [0, 0.1) is 17.0 Å². The highest BCUT2D eigenvalue weighted by Crippen LogP contribution is 2.32. The molecular formula is C18H16Cl2N4O5. The third-order valence-electron chi connectivity index (χ3n) is 3.94. The number of benzene rings is 1. The number of rotatable bonds is 8. The summed E-state index contributed by atoms with van der Waals surface area (Å²) in [4.78, 5) is 22.4. The van der Waals surface area contributed by atoms with Gasteiger partial charge in [-0.25, -0.2) is 0 Å². The normalized spacial score (nSPS) is 10.7. The highest BCUT2D eigenvalue weighted by molar-refractivity contribution is 6.42. The van der Waals surface area contributed by atoms with E-state index in [0.717, 1.165) is 0 Å². The van der Waals surface area contributed by atoms with E-state index in [0.29, 0.717) is 27.2 Å². The molecule has 3 rings (SSSR count). The fourth-order valence-corrected chi connectivity index (χ4v) is 2.84. The van der Waals surface area contributed by atoms with Gasteiger partial charge in [0.25, 0.3) is 5.91 Å². The molecule has 11 heteroatoms. The first-order chi connectivity index (χ1) is 13.8. The molecule has 0 unspecified atom stereocenters. The molecule has 152 valence electrons. The maximum absolute atomic E-state index is 12.2. The standard InChI is InChI=1S/C18H16Cl2N4O5/c1-11-9-16(24(26)27)22-23(11)8-7-21-18(25)15-6-5-12(29-15)10-28-14-4-2-3-13(19)17(14)20/h2-6,9H,7-8,10H2,1H3,(H,21,25). The van der Waals surface area contributed by atoms with Crippen molar-refractivity contribution in [2.45, 2.75) is 20.1 Å². The molecule has 0 radical (unpaired) electrons. The van der Waals surface area contributed by atoms with E-state index in [1.165, 1.54) is 16.8 Å². The number of amides is 1. The summed E-state index contributed by atoms with van der Waals surface area (Å²) in [6.07, 6.45) is 0. The summed E-state index contributed by atoms with van der Waals surface area (Å²) in [6, 6.07) is 9.54. The van der Waals surface area contributed by atoms with Crippen molar-refractivity contribution in [3.63, 3.8) is 0 Å². The second-order valence-electron chi connectivity index (χ2n) is 5.99. The predicted molar refractivity (Wildman–Crippen MR) is 105 cm³/mol. The van der Waals surface area contributed by atoms with E-state index in [4.69, 9.17) is 32.4 Å². The van der Waals surface area contributed by atoms with Crippen molar-refractivity contribution in [1.82, 2.24) is 15.1 Å². The lowest BCUT2D eigenvalue weighted by atomic mass is 10.3. The highest BCUT2D eigenvalue weighted by atomic mass is 35.5. The Morgan fingerprint density at radius 2 is 2.14 bits per heavy atom. The smallest absolute Gasteiger partial charge is 0.390 e. The fraction of sp³-hybridized carbons (Fsp3) is 0.222. The van der Waals surface area contributed by atoms with Gasteiger partial charge in [0.1, 0.15) is 23.1 Å². The number of carbonyl (C=O) groups excluding carboxylic acids is 1. The first-order valence-corrected chi connectivity index (χ1v) is 9.23. The zero-order chi connectivity index (χ0) is 21.0. The first kappa shape index (κ1) is 20.7. The topological polar surface area (TPSA) is 112 Å². The molecule has 1 aromatic carbocycles. The molecule has 0 saturated carbocycles. The van der Waals surface area contributed by atoms with Crippen molar-refractivity contribution in [3.8, 4) is 5.75 Å². The number of furan rings is 1. The second kappa shape index (κ2) is 8.97. The number of nitro groups is 1. The summed E-state index contributed by atoms with van der Waals surface area (Å²) in [6.45, 7) is 2.29. The van der Waals surface area contributed by atoms with Gasteiger partial charge in [0, 0.05) is 6.54 Å². The van der Waals surface area contributed by atoms with Gasteiger partial charge in [-0.05, 0) is 36.1 Å². The van der Waals surface area contributed by atoms with Crippen LogP contribution in [0.25, 0.3) is 0 Å². The first-order valence-electron chi connectivity index (χ1n) is 8.47. The number of hydrogen-bond acceptors (Lipinski definition) is 6. The molecule has 1 amide bonds. The van der Waals surface area contributed by atoms with Crippen molar-refractivity contribution < 1.29 is 18.9 Å². The zero-order valence-corrected chi connectivity index (χ0v) is 16.7. The Balaban J connectivity index is 1.51. The number of hydrogen-bond donors (Lipinski definition) is 1. The van der Waals surface area contributed by atoms with Gasteiger partial charge in [-0.2, -0.15) is 4.68 Å². The van der Waals surface area contributed by atoms with E-state index < -0.39 is 10.8 Å². The van der Waals surface area contributed by atoms with Crippen molar-refractivity contribution in [3.05, 3.63) is 73.8 Å². The van der Waals surface area contributed by atoms with E-state index in [-0.39, 0.29) is 31.3 Å². The largest absolute Gasteiger partial charge is 0.484 e. The molecule has 2 heterocycles. The van der Waals surface area contributed by atoms with Gasteiger partial charge in [-0.1, -0.05) is 29.3 Å². The number of aromatic nitrogens is 2. The van der Waals surface area contributed by atoms with Gasteiger partial charge in [0.15, 0.2) is 5.76 Å². The highest BCUT2D eigenvalue weighted by Gasteiger charge is 2.16. The zero-order valence-electron chi connectivity index (χ0n) is 15.2. The maximum Gasteiger partial charge on any atom is 0.390 e. The SMILES string of the molecule is Cc1cc([N+](=O)[O-])nn1CCNC(=O)c1ccc(COc2cccc(Cl)c2Cl)o1. The maximum atomic E-state index is 12.2. The van der Waals surface area contributed by atoms with Crippen LogP contribution in [-0.4, -0.2) is 27.2 Å². The van der Waals surface area contributed by atoms with Crippen LogP contribution in [0.15, 0.2) is 40.8 Å². The van der Waals surface area contributed by atoms with Crippen LogP contribution in [0.2, 0.25) is 10.0 Å². The Labute approximate surface area is 175 Å². The van der Waals surface area contributed by atoms with Crippen molar-refractivity contribution >= 4 is 34.9 Å². The lowest BCUT2D eigenvalue weighted by Crippen LogP contribution is -2.27. The van der Waals surface area contributed by atoms with Crippen molar-refractivity contribution in [2.24, 2.45) is 0 Å². The Morgan fingerprint density at radius 3 is 2.86 bits per heavy atom. The molecule has 0 aliphatic heterocycles. The third-order valence-corrected chi connectivity index (χ3v) is 4.74. The van der Waals surface area contributed by atoms with E-state index in [1.807, 2.05) is 0 Å². The summed E-state index contributed by atoms with van der Waals surface area (Å²) >= 11 is 12.0. The van der Waals surface area contributed by atoms with Gasteiger partial charge >= 0.3 is 5.82 Å². The van der Waals surface area contributed by atoms with Crippen LogP contribution in [-0.2, 0) is 13.2 Å². The van der Waals surface area contributed by atoms with E-state index in [2.05, 4.69) is 10.4 Å². The van der Waals surface area contributed by atoms with Gasteiger partial charge < -0.3 is 24.6 Å². The molecule has 2 aromatic heterocycles. The third kappa shape index (κ3) is 5.07. The monoisotopic (exact) mass is 438 g/mol. The summed E-state index contributed by atoms with van der Waals surface area (Å²) in [5.74, 6) is 0.305. The molecular weight excluding hydrogens is 423 g/mol. The van der Waals surface area contributed by atoms with Crippen LogP contribution >= 0.6 is 23.2 Å². The number of halogens is 2. The quantitative estimate of drug-likeness (QED) is 0.419. The van der Waals surface area contributed by atoms with Crippen LogP contribution < -0.4 is 10.1 Å². The number of ether oxygens (including phenoxy) is 1. The van der Waals surface area contributed by atoms with Gasteiger partial charge in [0.2, 0.25) is 0 Å². The van der Waals surface area contributed by atoms with Crippen LogP contribution in [0.4, 0.5) is 5.82 Å². The Hall–Kier alpha value is -3.04. The minimum absolute atomic E-state index is 0.0729. The van der Waals surface area contributed by atoms with Crippen molar-refractivity contribution in [2.75, 3.05) is 6.54 Å². The summed E-state index contributed by atoms with van der Waals surface area (Å²) in [5, 5.41) is 17.9. The Bertz CT molecular complexity index is 1050. The summed E-state index contributed by atoms with van der Waals surface area (Å²) < 4.78 is 12.5. The van der Waals surface area contributed by atoms with Gasteiger partial charge in [0.05, 0.1) is 28.4 Å². The second-order valence-corrected chi connectivity index (χ2v) is 6.77. The summed E-state index contributed by atoms with van der Waals surface area (Å²) in [5.41, 5.74) is 0.628. The molecule has 29 heavy (non-hydrogen) atoms. The fourth-order valence-electron chi connectivity index (χ4n) is 2.49. The Kier molecular flexibility index (Phi) is 6.40. The number of nitrogens with zero attached hydrogens (tertiary/aromatic N) is 3. The van der Waals surface area contributed by atoms with Crippen molar-refractivity contribution in [1.29, 1.82) is 0 Å². The Morgan fingerprint density at radius 1 is 1.34 bits per heavy atom. The molecule has 9 nitrogen and oxygen atoms in total. The van der Waals surface area contributed by atoms with Crippen LogP contribution in [0.5, 0.6) is 5.75 Å². The average molecular weight is 439 g/mol. The van der Waals surface area contributed by atoms with E-state index >= 15 is 0 Å². The summed E-state index contributed by atoms with van der Waals surface area (Å²) in [7, 11) is 0. The van der Waals surface area contributed by atoms with Gasteiger partial charge in [-0.3, -0.25) is 4.79 Å². The van der Waals surface area contributed by atoms with E-state index in [9.17, 15) is 14.9 Å². The molecule has 0 bridgehead atoms. The minimum Gasteiger partial charge on any atom is -0.484 e. The minimum atomic E-state index is -0.564. The molecule has 0 atom stereocenters. The number of carbonyl (C=O) groups is 1. The predicted octanol–water partition coefficient (Wildman–Crippen LogP) is 4.01. The number of nitrogens with one attached hydrogen (secondary N) is 1. The molecule has 0 aliphatic rings. The molecule has 3 aromatic rings. The lowest BCUT2D eigenvalue weighted by Gasteiger charge is -2.07. The average Bonchev–Trinajstić information content (AvgIpc) is 3.30. The molecule has 0 saturated heterocycles. The van der Waals surface area contributed by atoms with Gasteiger partial charge in [-0.15, -0.1) is 0 Å². The molecule has 0 aliphatic carbocycles. The molecule has 0 spiro atoms. The number of aryl methyl sites for hydroxylation is 1. The lowest BCUT2D eigenvalue weighted by molar-refractivity contribution is -0.389. The van der Waals surface area contributed by atoms with Crippen LogP contribution in [0.1, 0.15) is 22.0 Å². The van der Waals surface area contributed by atoms with Crippen LogP contribution in [0.3, 0.4) is 0 Å².